The Morgan fingerprint density at radius 1 is 1.41 bits per heavy atom. The summed E-state index contributed by atoms with van der Waals surface area (Å²) in [6.07, 6.45) is 0.771. The summed E-state index contributed by atoms with van der Waals surface area (Å²) in [6.45, 7) is 6.75. The number of nitrogens with one attached hydrogen (secondary N) is 1. The molecule has 6 nitrogen and oxygen atoms in total. The molecule has 1 N–H and O–H groups in total. The SMILES string of the molecule is CC(=O)N1CCOc2ccc(S(=O)(=O)NCCC(C)C)cc21. The molecule has 1 aromatic rings. The number of nitrogens with zero attached hydrogens (tertiary/aromatic N) is 1. The number of carbonyl (C=O) groups is 1. The van der Waals surface area contributed by atoms with Crippen molar-refractivity contribution >= 4 is 21.6 Å². The molecule has 0 bridgehead atoms. The van der Waals surface area contributed by atoms with Gasteiger partial charge in [0.1, 0.15) is 12.4 Å². The third-order valence-corrected chi connectivity index (χ3v) is 4.96. The van der Waals surface area contributed by atoms with Crippen molar-refractivity contribution in [3.8, 4) is 5.75 Å². The van der Waals surface area contributed by atoms with Gasteiger partial charge < -0.3 is 9.64 Å². The fourth-order valence-corrected chi connectivity index (χ4v) is 3.32. The van der Waals surface area contributed by atoms with Crippen LogP contribution in [-0.2, 0) is 14.8 Å². The molecule has 0 radical (unpaired) electrons. The Morgan fingerprint density at radius 2 is 2.14 bits per heavy atom. The van der Waals surface area contributed by atoms with E-state index in [1.165, 1.54) is 24.0 Å². The van der Waals surface area contributed by atoms with Crippen molar-refractivity contribution < 1.29 is 17.9 Å². The molecule has 1 aromatic carbocycles. The van der Waals surface area contributed by atoms with E-state index < -0.39 is 10.0 Å². The van der Waals surface area contributed by atoms with Crippen LogP contribution in [0, 0.1) is 5.92 Å². The maximum absolute atomic E-state index is 12.3. The average Bonchev–Trinajstić information content (AvgIpc) is 2.45. The molecule has 1 aliphatic rings. The Bertz CT molecular complexity index is 656. The highest BCUT2D eigenvalue weighted by molar-refractivity contribution is 7.89. The largest absolute Gasteiger partial charge is 0.490 e. The van der Waals surface area contributed by atoms with Crippen molar-refractivity contribution in [3.63, 3.8) is 0 Å². The lowest BCUT2D eigenvalue weighted by Crippen LogP contribution is -2.36. The monoisotopic (exact) mass is 326 g/mol. The molecule has 0 aromatic heterocycles. The van der Waals surface area contributed by atoms with E-state index in [1.54, 1.807) is 6.07 Å². The summed E-state index contributed by atoms with van der Waals surface area (Å²) < 4.78 is 32.7. The van der Waals surface area contributed by atoms with Gasteiger partial charge in [-0.3, -0.25) is 4.79 Å². The molecule has 0 spiro atoms. The highest BCUT2D eigenvalue weighted by Crippen LogP contribution is 2.33. The van der Waals surface area contributed by atoms with E-state index in [4.69, 9.17) is 4.74 Å². The molecule has 0 saturated heterocycles. The summed E-state index contributed by atoms with van der Waals surface area (Å²) in [4.78, 5) is 13.4. The zero-order chi connectivity index (χ0) is 16.3. The molecule has 0 fully saturated rings. The minimum atomic E-state index is -3.58. The molecular formula is C15H22N2O4S. The van der Waals surface area contributed by atoms with E-state index in [-0.39, 0.29) is 10.8 Å². The summed E-state index contributed by atoms with van der Waals surface area (Å²) in [5, 5.41) is 0. The number of hydrogen-bond donors (Lipinski definition) is 1. The van der Waals surface area contributed by atoms with Crippen molar-refractivity contribution in [3.05, 3.63) is 18.2 Å². The third-order valence-electron chi connectivity index (χ3n) is 3.50. The van der Waals surface area contributed by atoms with Gasteiger partial charge in [0, 0.05) is 13.5 Å². The summed E-state index contributed by atoms with van der Waals surface area (Å²) in [6, 6.07) is 4.59. The van der Waals surface area contributed by atoms with Crippen molar-refractivity contribution in [2.24, 2.45) is 5.92 Å². The van der Waals surface area contributed by atoms with Gasteiger partial charge in [-0.2, -0.15) is 0 Å². The normalized spacial score (nSPS) is 14.6. The van der Waals surface area contributed by atoms with E-state index in [1.807, 2.05) is 13.8 Å². The first-order valence-electron chi connectivity index (χ1n) is 7.36. The van der Waals surface area contributed by atoms with Gasteiger partial charge in [0.2, 0.25) is 15.9 Å². The predicted molar refractivity (Wildman–Crippen MR) is 84.6 cm³/mol. The number of rotatable bonds is 5. The Balaban J connectivity index is 2.26. The summed E-state index contributed by atoms with van der Waals surface area (Å²) in [7, 11) is -3.58. The number of ether oxygens (including phenoxy) is 1. The molecule has 0 saturated carbocycles. The van der Waals surface area contributed by atoms with Crippen molar-refractivity contribution in [1.29, 1.82) is 0 Å². The van der Waals surface area contributed by atoms with E-state index in [0.717, 1.165) is 6.42 Å². The molecule has 1 amide bonds. The maximum Gasteiger partial charge on any atom is 0.240 e. The number of anilines is 1. The van der Waals surface area contributed by atoms with Crippen LogP contribution < -0.4 is 14.4 Å². The Kier molecular flexibility index (Phi) is 5.08. The second kappa shape index (κ2) is 6.66. The number of amides is 1. The average molecular weight is 326 g/mol. The minimum absolute atomic E-state index is 0.133. The first kappa shape index (κ1) is 16.8. The molecule has 2 rings (SSSR count). The molecule has 1 aliphatic heterocycles. The summed E-state index contributed by atoms with van der Waals surface area (Å²) >= 11 is 0. The Hall–Kier alpha value is -1.60. The zero-order valence-corrected chi connectivity index (χ0v) is 13.9. The van der Waals surface area contributed by atoms with Gasteiger partial charge in [-0.05, 0) is 30.5 Å². The Morgan fingerprint density at radius 3 is 2.77 bits per heavy atom. The molecule has 0 aliphatic carbocycles. The lowest BCUT2D eigenvalue weighted by Gasteiger charge is -2.29. The maximum atomic E-state index is 12.3. The van der Waals surface area contributed by atoms with Gasteiger partial charge >= 0.3 is 0 Å². The molecule has 122 valence electrons. The lowest BCUT2D eigenvalue weighted by atomic mass is 10.1. The third kappa shape index (κ3) is 3.78. The number of fused-ring (bicyclic) bond motifs is 1. The van der Waals surface area contributed by atoms with Crippen LogP contribution in [0.5, 0.6) is 5.75 Å². The van der Waals surface area contributed by atoms with Crippen molar-refractivity contribution in [2.75, 3.05) is 24.6 Å². The van der Waals surface area contributed by atoms with E-state index in [9.17, 15) is 13.2 Å². The smallest absolute Gasteiger partial charge is 0.240 e. The van der Waals surface area contributed by atoms with Crippen molar-refractivity contribution in [1.82, 2.24) is 4.72 Å². The topological polar surface area (TPSA) is 75.7 Å². The van der Waals surface area contributed by atoms with Crippen LogP contribution in [0.4, 0.5) is 5.69 Å². The first-order valence-corrected chi connectivity index (χ1v) is 8.84. The standard InChI is InChI=1S/C15H22N2O4S/c1-11(2)6-7-16-22(19,20)13-4-5-15-14(10-13)17(12(3)18)8-9-21-15/h4-5,10-11,16H,6-9H2,1-3H3. The van der Waals surface area contributed by atoms with E-state index in [2.05, 4.69) is 4.72 Å². The summed E-state index contributed by atoms with van der Waals surface area (Å²) in [5.41, 5.74) is 0.505. The molecule has 0 unspecified atom stereocenters. The van der Waals surface area contributed by atoms with Crippen LogP contribution >= 0.6 is 0 Å². The molecule has 1 heterocycles. The molecule has 22 heavy (non-hydrogen) atoms. The fraction of sp³-hybridized carbons (Fsp3) is 0.533. The quantitative estimate of drug-likeness (QED) is 0.894. The second-order valence-electron chi connectivity index (χ2n) is 5.73. The van der Waals surface area contributed by atoms with E-state index >= 15 is 0 Å². The highest BCUT2D eigenvalue weighted by Gasteiger charge is 2.24. The van der Waals surface area contributed by atoms with Crippen LogP contribution in [0.3, 0.4) is 0 Å². The fourth-order valence-electron chi connectivity index (χ4n) is 2.26. The minimum Gasteiger partial charge on any atom is -0.490 e. The van der Waals surface area contributed by atoms with Crippen LogP contribution in [0.2, 0.25) is 0 Å². The number of benzene rings is 1. The van der Waals surface area contributed by atoms with Gasteiger partial charge in [0.15, 0.2) is 0 Å². The second-order valence-corrected chi connectivity index (χ2v) is 7.50. The number of sulfonamides is 1. The van der Waals surface area contributed by atoms with Gasteiger partial charge in [0.25, 0.3) is 0 Å². The summed E-state index contributed by atoms with van der Waals surface area (Å²) in [5.74, 6) is 0.822. The molecule has 7 heteroatoms. The van der Waals surface area contributed by atoms with Gasteiger partial charge in [-0.15, -0.1) is 0 Å². The predicted octanol–water partition coefficient (Wildman–Crippen LogP) is 1.76. The van der Waals surface area contributed by atoms with Crippen LogP contribution in [0.1, 0.15) is 27.2 Å². The zero-order valence-electron chi connectivity index (χ0n) is 13.1. The lowest BCUT2D eigenvalue weighted by molar-refractivity contribution is -0.116. The first-order chi connectivity index (χ1) is 10.3. The van der Waals surface area contributed by atoms with Gasteiger partial charge in [-0.25, -0.2) is 13.1 Å². The van der Waals surface area contributed by atoms with E-state index in [0.29, 0.717) is 37.1 Å². The molecule has 0 atom stereocenters. The number of hydrogen-bond acceptors (Lipinski definition) is 4. The molecular weight excluding hydrogens is 304 g/mol. The van der Waals surface area contributed by atoms with Crippen LogP contribution in [0.15, 0.2) is 23.1 Å². The van der Waals surface area contributed by atoms with Gasteiger partial charge in [-0.1, -0.05) is 13.8 Å². The van der Waals surface area contributed by atoms with Crippen LogP contribution in [0.25, 0.3) is 0 Å². The van der Waals surface area contributed by atoms with Crippen molar-refractivity contribution in [2.45, 2.75) is 32.1 Å². The van der Waals surface area contributed by atoms with Gasteiger partial charge in [0.05, 0.1) is 17.1 Å². The highest BCUT2D eigenvalue weighted by atomic mass is 32.2. The van der Waals surface area contributed by atoms with Crippen LogP contribution in [-0.4, -0.2) is 34.0 Å². The Labute approximate surface area is 131 Å². The number of carbonyl (C=O) groups excluding carboxylic acids is 1.